The first-order chi connectivity index (χ1) is 17.3. The van der Waals surface area contributed by atoms with Crippen LogP contribution in [0.15, 0.2) is 48.5 Å². The summed E-state index contributed by atoms with van der Waals surface area (Å²) in [6.45, 7) is 6.01. The third-order valence-electron chi connectivity index (χ3n) is 5.61. The van der Waals surface area contributed by atoms with Crippen LogP contribution in [0.5, 0.6) is 5.75 Å². The van der Waals surface area contributed by atoms with E-state index in [1.54, 1.807) is 28.9 Å². The number of hydrogen-bond acceptors (Lipinski definition) is 7. The van der Waals surface area contributed by atoms with E-state index >= 15 is 0 Å². The van der Waals surface area contributed by atoms with Gasteiger partial charge < -0.3 is 19.5 Å². The van der Waals surface area contributed by atoms with Crippen molar-refractivity contribution in [2.24, 2.45) is 0 Å². The van der Waals surface area contributed by atoms with Crippen molar-refractivity contribution in [3.8, 4) is 11.4 Å². The van der Waals surface area contributed by atoms with Crippen LogP contribution in [-0.4, -0.2) is 54.5 Å². The van der Waals surface area contributed by atoms with Crippen LogP contribution in [-0.2, 0) is 25.5 Å². The Kier molecular flexibility index (Phi) is 9.21. The van der Waals surface area contributed by atoms with Crippen molar-refractivity contribution >= 4 is 17.8 Å². The van der Waals surface area contributed by atoms with Crippen molar-refractivity contribution in [1.82, 2.24) is 15.1 Å². The number of aryl methyl sites for hydroxylation is 2. The lowest BCUT2D eigenvalue weighted by molar-refractivity contribution is -0.140. The first kappa shape index (κ1) is 26.5. The summed E-state index contributed by atoms with van der Waals surface area (Å²) in [4.78, 5) is 35.8. The van der Waals surface area contributed by atoms with E-state index in [9.17, 15) is 14.4 Å². The van der Waals surface area contributed by atoms with Crippen molar-refractivity contribution in [3.05, 3.63) is 76.6 Å². The highest BCUT2D eigenvalue weighted by molar-refractivity contribution is 5.91. The molecule has 0 saturated heterocycles. The predicted molar refractivity (Wildman–Crippen MR) is 133 cm³/mol. The number of amides is 1. The number of ether oxygens (including phenoxy) is 3. The largest absolute Gasteiger partial charge is 0.492 e. The molecule has 9 nitrogen and oxygen atoms in total. The van der Waals surface area contributed by atoms with Gasteiger partial charge in [0.1, 0.15) is 12.4 Å². The minimum atomic E-state index is -0.597. The standard InChI is InChI=1S/C27H31N3O6/c1-18-6-5-7-23(16-18)35-15-14-28-25(31)17-36-27(33)21-8-10-22(11-9-21)30-20(3)24(19(2)29-30)12-13-26(32)34-4/h5-11,16H,12-15,17H2,1-4H3,(H,28,31). The van der Waals surface area contributed by atoms with Crippen molar-refractivity contribution in [2.75, 3.05) is 26.9 Å². The fourth-order valence-electron chi connectivity index (χ4n) is 3.69. The molecule has 190 valence electrons. The number of nitrogens with one attached hydrogen (secondary N) is 1. The summed E-state index contributed by atoms with van der Waals surface area (Å²) in [6.07, 6.45) is 0.816. The number of aromatic nitrogens is 2. The monoisotopic (exact) mass is 493 g/mol. The molecule has 3 aromatic rings. The normalized spacial score (nSPS) is 10.6. The van der Waals surface area contributed by atoms with Gasteiger partial charge in [-0.05, 0) is 74.7 Å². The average molecular weight is 494 g/mol. The Morgan fingerprint density at radius 2 is 1.78 bits per heavy atom. The Morgan fingerprint density at radius 3 is 2.47 bits per heavy atom. The summed E-state index contributed by atoms with van der Waals surface area (Å²) in [5, 5.41) is 7.22. The third kappa shape index (κ3) is 7.18. The number of rotatable bonds is 11. The molecule has 0 aliphatic carbocycles. The molecule has 1 amide bonds. The van der Waals surface area contributed by atoms with Gasteiger partial charge in [-0.2, -0.15) is 5.10 Å². The molecule has 0 atom stereocenters. The van der Waals surface area contributed by atoms with Crippen LogP contribution in [0.2, 0.25) is 0 Å². The number of hydrogen-bond donors (Lipinski definition) is 1. The summed E-state index contributed by atoms with van der Waals surface area (Å²) < 4.78 is 17.2. The first-order valence-corrected chi connectivity index (χ1v) is 11.6. The Bertz CT molecular complexity index is 1220. The van der Waals surface area contributed by atoms with Crippen LogP contribution < -0.4 is 10.1 Å². The van der Waals surface area contributed by atoms with Crippen LogP contribution in [0.25, 0.3) is 5.69 Å². The minimum Gasteiger partial charge on any atom is -0.492 e. The second-order valence-corrected chi connectivity index (χ2v) is 8.28. The maximum absolute atomic E-state index is 12.4. The Balaban J connectivity index is 1.47. The van der Waals surface area contributed by atoms with Gasteiger partial charge in [0.25, 0.3) is 5.91 Å². The molecule has 0 aliphatic rings. The lowest BCUT2D eigenvalue weighted by atomic mass is 10.1. The molecule has 3 rings (SSSR count). The third-order valence-corrected chi connectivity index (χ3v) is 5.61. The lowest BCUT2D eigenvalue weighted by Crippen LogP contribution is -2.32. The number of methoxy groups -OCH3 is 1. The van der Waals surface area contributed by atoms with Crippen LogP contribution >= 0.6 is 0 Å². The zero-order valence-corrected chi connectivity index (χ0v) is 21.0. The zero-order chi connectivity index (χ0) is 26.1. The molecule has 2 aromatic carbocycles. The minimum absolute atomic E-state index is 0.270. The SMILES string of the molecule is COC(=O)CCc1c(C)nn(-c2ccc(C(=O)OCC(=O)NCCOc3cccc(C)c3)cc2)c1C. The van der Waals surface area contributed by atoms with Crippen molar-refractivity contribution in [3.63, 3.8) is 0 Å². The summed E-state index contributed by atoms with van der Waals surface area (Å²) in [7, 11) is 1.37. The number of carbonyl (C=O) groups is 3. The van der Waals surface area contributed by atoms with Crippen LogP contribution in [0.3, 0.4) is 0 Å². The van der Waals surface area contributed by atoms with E-state index in [-0.39, 0.29) is 19.0 Å². The van der Waals surface area contributed by atoms with E-state index < -0.39 is 11.9 Å². The van der Waals surface area contributed by atoms with Gasteiger partial charge in [0.05, 0.1) is 30.6 Å². The first-order valence-electron chi connectivity index (χ1n) is 11.6. The van der Waals surface area contributed by atoms with Gasteiger partial charge >= 0.3 is 11.9 Å². The van der Waals surface area contributed by atoms with Crippen LogP contribution in [0, 0.1) is 20.8 Å². The fraction of sp³-hybridized carbons (Fsp3) is 0.333. The van der Waals surface area contributed by atoms with Crippen molar-refractivity contribution < 1.29 is 28.6 Å². The molecule has 36 heavy (non-hydrogen) atoms. The van der Waals surface area contributed by atoms with E-state index in [0.29, 0.717) is 25.1 Å². The molecule has 9 heteroatoms. The van der Waals surface area contributed by atoms with Gasteiger partial charge in [0.2, 0.25) is 0 Å². The quantitative estimate of drug-likeness (QED) is 0.323. The average Bonchev–Trinajstić information content (AvgIpc) is 3.16. The zero-order valence-electron chi connectivity index (χ0n) is 21.0. The van der Waals surface area contributed by atoms with Gasteiger partial charge in [-0.3, -0.25) is 9.59 Å². The lowest BCUT2D eigenvalue weighted by Gasteiger charge is -2.09. The second-order valence-electron chi connectivity index (χ2n) is 8.28. The predicted octanol–water partition coefficient (Wildman–Crippen LogP) is 3.26. The Labute approximate surface area is 210 Å². The molecule has 0 radical (unpaired) electrons. The maximum atomic E-state index is 12.4. The highest BCUT2D eigenvalue weighted by atomic mass is 16.5. The number of nitrogens with zero attached hydrogens (tertiary/aromatic N) is 2. The molecule has 0 aliphatic heterocycles. The molecule has 0 saturated carbocycles. The van der Waals surface area contributed by atoms with Gasteiger partial charge in [-0.15, -0.1) is 0 Å². The number of benzene rings is 2. The molecule has 1 aromatic heterocycles. The second kappa shape index (κ2) is 12.5. The molecule has 1 heterocycles. The highest BCUT2D eigenvalue weighted by Crippen LogP contribution is 2.20. The van der Waals surface area contributed by atoms with E-state index in [0.717, 1.165) is 34.0 Å². The molecule has 0 unspecified atom stereocenters. The maximum Gasteiger partial charge on any atom is 0.338 e. The number of esters is 2. The Morgan fingerprint density at radius 1 is 1.03 bits per heavy atom. The van der Waals surface area contributed by atoms with Gasteiger partial charge in [-0.1, -0.05) is 12.1 Å². The van der Waals surface area contributed by atoms with Crippen molar-refractivity contribution in [2.45, 2.75) is 33.6 Å². The van der Waals surface area contributed by atoms with Gasteiger partial charge in [0.15, 0.2) is 6.61 Å². The Hall–Kier alpha value is -4.14. The van der Waals surface area contributed by atoms with E-state index in [4.69, 9.17) is 14.2 Å². The van der Waals surface area contributed by atoms with E-state index in [1.165, 1.54) is 7.11 Å². The van der Waals surface area contributed by atoms with Crippen LogP contribution in [0.1, 0.15) is 39.3 Å². The van der Waals surface area contributed by atoms with Gasteiger partial charge in [0, 0.05) is 12.1 Å². The molecular weight excluding hydrogens is 462 g/mol. The molecule has 0 spiro atoms. The van der Waals surface area contributed by atoms with E-state index in [1.807, 2.05) is 45.0 Å². The molecule has 0 fully saturated rings. The van der Waals surface area contributed by atoms with Crippen LogP contribution in [0.4, 0.5) is 0 Å². The number of carbonyl (C=O) groups excluding carboxylic acids is 3. The summed E-state index contributed by atoms with van der Waals surface area (Å²) in [5.74, 6) is -0.541. The smallest absolute Gasteiger partial charge is 0.338 e. The summed E-state index contributed by atoms with van der Waals surface area (Å²) in [5.41, 5.74) is 4.90. The molecular formula is C27H31N3O6. The highest BCUT2D eigenvalue weighted by Gasteiger charge is 2.15. The molecule has 1 N–H and O–H groups in total. The summed E-state index contributed by atoms with van der Waals surface area (Å²) >= 11 is 0. The van der Waals surface area contributed by atoms with E-state index in [2.05, 4.69) is 10.4 Å². The summed E-state index contributed by atoms with van der Waals surface area (Å²) in [6, 6.07) is 14.4. The van der Waals surface area contributed by atoms with Gasteiger partial charge in [-0.25, -0.2) is 9.48 Å². The molecule has 0 bridgehead atoms. The van der Waals surface area contributed by atoms with Crippen molar-refractivity contribution in [1.29, 1.82) is 0 Å². The topological polar surface area (TPSA) is 109 Å². The fourth-order valence-corrected chi connectivity index (χ4v) is 3.69.